The van der Waals surface area contributed by atoms with Gasteiger partial charge in [-0.3, -0.25) is 5.32 Å². The average Bonchev–Trinajstić information content (AvgIpc) is 2.19. The van der Waals surface area contributed by atoms with Gasteiger partial charge in [0.1, 0.15) is 0 Å². The second-order valence-corrected chi connectivity index (χ2v) is 2.84. The monoisotopic (exact) mass is 210 g/mol. The van der Waals surface area contributed by atoms with Crippen molar-refractivity contribution in [2.24, 2.45) is 0 Å². The van der Waals surface area contributed by atoms with Crippen LogP contribution in [-0.2, 0) is 4.74 Å². The zero-order chi connectivity index (χ0) is 10.4. The van der Waals surface area contributed by atoms with Crippen LogP contribution in [0.2, 0.25) is 0 Å². The first-order chi connectivity index (χ1) is 6.72. The van der Waals surface area contributed by atoms with Crippen LogP contribution in [0.3, 0.4) is 0 Å². The lowest BCUT2D eigenvalue weighted by Gasteiger charge is -2.07. The Bertz CT molecular complexity index is 327. The number of methoxy groups -OCH3 is 1. The Hall–Kier alpha value is -1.62. The van der Waals surface area contributed by atoms with E-state index in [9.17, 15) is 4.79 Å². The summed E-state index contributed by atoms with van der Waals surface area (Å²) < 4.78 is 4.38. The molecule has 0 fully saturated rings. The predicted octanol–water partition coefficient (Wildman–Crippen LogP) is 1.74. The van der Waals surface area contributed by atoms with Gasteiger partial charge < -0.3 is 10.1 Å². The molecule has 74 valence electrons. The minimum absolute atomic E-state index is 0.211. The Morgan fingerprint density at radius 2 is 2.00 bits per heavy atom. The first-order valence-corrected chi connectivity index (χ1v) is 4.34. The van der Waals surface area contributed by atoms with E-state index in [0.29, 0.717) is 0 Å². The Balaban J connectivity index is 2.46. The van der Waals surface area contributed by atoms with E-state index in [-0.39, 0.29) is 5.11 Å². The molecule has 0 bridgehead atoms. The van der Waals surface area contributed by atoms with Gasteiger partial charge in [-0.1, -0.05) is 18.2 Å². The van der Waals surface area contributed by atoms with E-state index in [0.717, 1.165) is 5.69 Å². The van der Waals surface area contributed by atoms with Crippen LogP contribution in [0.25, 0.3) is 0 Å². The number of alkyl carbamates (subject to hydrolysis) is 1. The lowest BCUT2D eigenvalue weighted by Crippen LogP contribution is -2.33. The molecule has 0 saturated heterocycles. The molecule has 0 aromatic heterocycles. The van der Waals surface area contributed by atoms with Crippen molar-refractivity contribution in [1.29, 1.82) is 0 Å². The van der Waals surface area contributed by atoms with E-state index in [1.165, 1.54) is 7.11 Å². The SMILES string of the molecule is COC(=O)NC(=S)Nc1ccccc1. The van der Waals surface area contributed by atoms with Crippen LogP contribution in [0.5, 0.6) is 0 Å². The fourth-order valence-corrected chi connectivity index (χ4v) is 1.03. The van der Waals surface area contributed by atoms with Gasteiger partial charge in [-0.2, -0.15) is 0 Å². The maximum absolute atomic E-state index is 10.8. The summed E-state index contributed by atoms with van der Waals surface area (Å²) in [5, 5.41) is 5.38. The topological polar surface area (TPSA) is 50.4 Å². The van der Waals surface area contributed by atoms with Crippen LogP contribution in [0.15, 0.2) is 30.3 Å². The van der Waals surface area contributed by atoms with Crippen LogP contribution in [0.4, 0.5) is 10.5 Å². The zero-order valence-electron chi connectivity index (χ0n) is 7.61. The summed E-state index contributed by atoms with van der Waals surface area (Å²) in [5.41, 5.74) is 0.814. The molecule has 0 heterocycles. The van der Waals surface area contributed by atoms with Gasteiger partial charge in [-0.25, -0.2) is 4.79 Å². The fraction of sp³-hybridized carbons (Fsp3) is 0.111. The molecule has 0 atom stereocenters. The molecule has 0 aliphatic rings. The summed E-state index contributed by atoms with van der Waals surface area (Å²) in [7, 11) is 1.28. The van der Waals surface area contributed by atoms with Gasteiger partial charge >= 0.3 is 6.09 Å². The Labute approximate surface area is 87.3 Å². The van der Waals surface area contributed by atoms with Crippen molar-refractivity contribution in [2.75, 3.05) is 12.4 Å². The van der Waals surface area contributed by atoms with Crippen molar-refractivity contribution >= 4 is 29.1 Å². The van der Waals surface area contributed by atoms with Gasteiger partial charge in [0.15, 0.2) is 5.11 Å². The van der Waals surface area contributed by atoms with Crippen molar-refractivity contribution in [2.45, 2.75) is 0 Å². The van der Waals surface area contributed by atoms with E-state index < -0.39 is 6.09 Å². The maximum atomic E-state index is 10.8. The number of carbonyl (C=O) groups excluding carboxylic acids is 1. The first-order valence-electron chi connectivity index (χ1n) is 3.93. The van der Waals surface area contributed by atoms with E-state index >= 15 is 0 Å². The second-order valence-electron chi connectivity index (χ2n) is 2.44. The van der Waals surface area contributed by atoms with Crippen LogP contribution in [0, 0.1) is 0 Å². The number of amides is 1. The lowest BCUT2D eigenvalue weighted by molar-refractivity contribution is 0.177. The molecule has 1 aromatic carbocycles. The number of rotatable bonds is 1. The molecular weight excluding hydrogens is 200 g/mol. The summed E-state index contributed by atoms with van der Waals surface area (Å²) in [5.74, 6) is 0. The lowest BCUT2D eigenvalue weighted by atomic mass is 10.3. The highest BCUT2D eigenvalue weighted by molar-refractivity contribution is 7.80. The molecule has 0 saturated carbocycles. The molecule has 2 N–H and O–H groups in total. The molecule has 5 heteroatoms. The molecule has 1 aromatic rings. The number of carbonyl (C=O) groups is 1. The smallest absolute Gasteiger partial charge is 0.413 e. The normalized spacial score (nSPS) is 8.93. The molecule has 0 spiro atoms. The Morgan fingerprint density at radius 3 is 2.57 bits per heavy atom. The highest BCUT2D eigenvalue weighted by atomic mass is 32.1. The highest BCUT2D eigenvalue weighted by Crippen LogP contribution is 2.04. The molecule has 0 aliphatic heterocycles. The Morgan fingerprint density at radius 1 is 1.36 bits per heavy atom. The minimum atomic E-state index is -0.585. The molecule has 1 rings (SSSR count). The molecule has 14 heavy (non-hydrogen) atoms. The van der Waals surface area contributed by atoms with Gasteiger partial charge in [-0.15, -0.1) is 0 Å². The predicted molar refractivity (Wildman–Crippen MR) is 58.2 cm³/mol. The standard InChI is InChI=1S/C9H10N2O2S/c1-13-9(12)11-8(14)10-7-5-3-2-4-6-7/h2-6H,1H3,(H2,10,11,12,14). The molecule has 1 amide bonds. The summed E-state index contributed by atoms with van der Waals surface area (Å²) >= 11 is 4.86. The number of ether oxygens (including phenoxy) is 1. The van der Waals surface area contributed by atoms with Gasteiger partial charge in [-0.05, 0) is 24.4 Å². The number of nitrogens with one attached hydrogen (secondary N) is 2. The van der Waals surface area contributed by atoms with Crippen molar-refractivity contribution in [3.05, 3.63) is 30.3 Å². The number of benzene rings is 1. The van der Waals surface area contributed by atoms with Crippen molar-refractivity contribution in [3.8, 4) is 0 Å². The third-order valence-electron chi connectivity index (χ3n) is 1.43. The van der Waals surface area contributed by atoms with Crippen LogP contribution >= 0.6 is 12.2 Å². The quantitative estimate of drug-likeness (QED) is 0.693. The van der Waals surface area contributed by atoms with Gasteiger partial charge in [0, 0.05) is 5.69 Å². The molecule has 0 radical (unpaired) electrons. The van der Waals surface area contributed by atoms with E-state index in [2.05, 4.69) is 15.4 Å². The van der Waals surface area contributed by atoms with Crippen molar-refractivity contribution < 1.29 is 9.53 Å². The second kappa shape index (κ2) is 5.18. The molecule has 4 nitrogen and oxygen atoms in total. The van der Waals surface area contributed by atoms with E-state index in [1.807, 2.05) is 30.3 Å². The fourth-order valence-electron chi connectivity index (χ4n) is 0.828. The highest BCUT2D eigenvalue weighted by Gasteiger charge is 2.02. The summed E-state index contributed by atoms with van der Waals surface area (Å²) in [6, 6.07) is 9.30. The summed E-state index contributed by atoms with van der Waals surface area (Å²) in [6.07, 6.45) is -0.585. The first kappa shape index (κ1) is 10.5. The zero-order valence-corrected chi connectivity index (χ0v) is 8.43. The van der Waals surface area contributed by atoms with Crippen LogP contribution < -0.4 is 10.6 Å². The average molecular weight is 210 g/mol. The number of anilines is 1. The minimum Gasteiger partial charge on any atom is -0.453 e. The van der Waals surface area contributed by atoms with Gasteiger partial charge in [0.25, 0.3) is 0 Å². The summed E-state index contributed by atoms with van der Waals surface area (Å²) in [6.45, 7) is 0. The summed E-state index contributed by atoms with van der Waals surface area (Å²) in [4.78, 5) is 10.8. The molecule has 0 unspecified atom stereocenters. The van der Waals surface area contributed by atoms with E-state index in [4.69, 9.17) is 12.2 Å². The third kappa shape index (κ3) is 3.40. The van der Waals surface area contributed by atoms with E-state index in [1.54, 1.807) is 0 Å². The number of hydrogen-bond acceptors (Lipinski definition) is 3. The number of thiocarbonyl (C=S) groups is 1. The molecule has 0 aliphatic carbocycles. The maximum Gasteiger partial charge on any atom is 0.413 e. The third-order valence-corrected chi connectivity index (χ3v) is 1.64. The van der Waals surface area contributed by atoms with Gasteiger partial charge in [0.2, 0.25) is 0 Å². The van der Waals surface area contributed by atoms with Crippen molar-refractivity contribution in [1.82, 2.24) is 5.32 Å². The van der Waals surface area contributed by atoms with Gasteiger partial charge in [0.05, 0.1) is 7.11 Å². The van der Waals surface area contributed by atoms with Crippen molar-refractivity contribution in [3.63, 3.8) is 0 Å². The largest absolute Gasteiger partial charge is 0.453 e. The molecular formula is C9H10N2O2S. The number of hydrogen-bond donors (Lipinski definition) is 2. The number of para-hydroxylation sites is 1. The Kier molecular flexibility index (Phi) is 3.87. The van der Waals surface area contributed by atoms with Crippen LogP contribution in [-0.4, -0.2) is 18.3 Å². The van der Waals surface area contributed by atoms with Crippen LogP contribution in [0.1, 0.15) is 0 Å².